The largest absolute Gasteiger partial charge is 0.459 e. The molecule has 0 bridgehead atoms. The summed E-state index contributed by atoms with van der Waals surface area (Å²) >= 11 is 6.00. The molecule has 0 aliphatic carbocycles. The van der Waals surface area contributed by atoms with Crippen LogP contribution in [0.1, 0.15) is 17.0 Å². The Labute approximate surface area is 149 Å². The Morgan fingerprint density at radius 3 is 2.84 bits per heavy atom. The molecule has 0 spiro atoms. The minimum Gasteiger partial charge on any atom is -0.459 e. The van der Waals surface area contributed by atoms with Crippen LogP contribution in [-0.2, 0) is 9.53 Å². The van der Waals surface area contributed by atoms with E-state index in [-0.39, 0.29) is 24.1 Å². The van der Waals surface area contributed by atoms with Gasteiger partial charge in [-0.2, -0.15) is 0 Å². The molecular formula is C17H18ClN3O4. The van der Waals surface area contributed by atoms with E-state index in [9.17, 15) is 9.59 Å². The normalized spacial score (nSPS) is 17.1. The highest BCUT2D eigenvalue weighted by Gasteiger charge is 2.18. The molecule has 0 radical (unpaired) electrons. The number of hydrogen-bond acceptors (Lipinski definition) is 5. The molecule has 1 aromatic heterocycles. The number of carbonyl (C=O) groups excluding carboxylic acids is 2. The Hall–Kier alpha value is -2.35. The molecular weight excluding hydrogens is 346 g/mol. The number of carbonyl (C=O) groups is 2. The first-order chi connectivity index (χ1) is 12.1. The number of halogens is 1. The zero-order valence-electron chi connectivity index (χ0n) is 13.4. The van der Waals surface area contributed by atoms with E-state index in [0.717, 1.165) is 6.54 Å². The molecule has 1 aromatic carbocycles. The Morgan fingerprint density at radius 1 is 1.24 bits per heavy atom. The highest BCUT2D eigenvalue weighted by Crippen LogP contribution is 2.26. The SMILES string of the molecule is O=C(CC1COCCN1)Nc1ccc(Cl)cc1NC(=O)c1ccco1. The zero-order valence-corrected chi connectivity index (χ0v) is 14.1. The van der Waals surface area contributed by atoms with Crippen molar-refractivity contribution in [2.75, 3.05) is 30.4 Å². The summed E-state index contributed by atoms with van der Waals surface area (Å²) in [6.45, 7) is 1.87. The van der Waals surface area contributed by atoms with Gasteiger partial charge in [0, 0.05) is 24.0 Å². The van der Waals surface area contributed by atoms with Crippen molar-refractivity contribution >= 4 is 34.8 Å². The summed E-state index contributed by atoms with van der Waals surface area (Å²) in [6.07, 6.45) is 1.68. The second kappa shape index (κ2) is 8.15. The van der Waals surface area contributed by atoms with Crippen LogP contribution in [-0.4, -0.2) is 37.6 Å². The number of ether oxygens (including phenoxy) is 1. The molecule has 1 atom stereocenters. The molecule has 8 heteroatoms. The lowest BCUT2D eigenvalue weighted by atomic mass is 10.2. The molecule has 3 N–H and O–H groups in total. The minimum atomic E-state index is -0.426. The summed E-state index contributed by atoms with van der Waals surface area (Å²) in [5, 5.41) is 9.15. The lowest BCUT2D eigenvalue weighted by molar-refractivity contribution is -0.117. The Kier molecular flexibility index (Phi) is 5.70. The molecule has 2 heterocycles. The third kappa shape index (κ3) is 4.82. The van der Waals surface area contributed by atoms with Crippen molar-refractivity contribution < 1.29 is 18.7 Å². The minimum absolute atomic E-state index is 0.0257. The van der Waals surface area contributed by atoms with Gasteiger partial charge >= 0.3 is 0 Å². The maximum absolute atomic E-state index is 12.3. The zero-order chi connectivity index (χ0) is 17.6. The highest BCUT2D eigenvalue weighted by atomic mass is 35.5. The van der Waals surface area contributed by atoms with E-state index >= 15 is 0 Å². The number of hydrogen-bond donors (Lipinski definition) is 3. The monoisotopic (exact) mass is 363 g/mol. The lowest BCUT2D eigenvalue weighted by Gasteiger charge is -2.23. The number of rotatable bonds is 5. The predicted molar refractivity (Wildman–Crippen MR) is 94.0 cm³/mol. The maximum Gasteiger partial charge on any atom is 0.291 e. The molecule has 2 aromatic rings. The molecule has 2 amide bonds. The fourth-order valence-electron chi connectivity index (χ4n) is 2.50. The van der Waals surface area contributed by atoms with Gasteiger partial charge in [0.15, 0.2) is 5.76 Å². The van der Waals surface area contributed by atoms with E-state index in [1.807, 2.05) is 0 Å². The van der Waals surface area contributed by atoms with Gasteiger partial charge in [-0.15, -0.1) is 0 Å². The van der Waals surface area contributed by atoms with E-state index in [4.69, 9.17) is 20.8 Å². The van der Waals surface area contributed by atoms with Gasteiger partial charge in [0.25, 0.3) is 5.91 Å². The molecule has 3 rings (SSSR count). The van der Waals surface area contributed by atoms with Gasteiger partial charge in [-0.25, -0.2) is 0 Å². The lowest BCUT2D eigenvalue weighted by Crippen LogP contribution is -2.43. The van der Waals surface area contributed by atoms with Gasteiger partial charge in [-0.05, 0) is 30.3 Å². The van der Waals surface area contributed by atoms with Gasteiger partial charge in [0.2, 0.25) is 5.91 Å². The molecule has 1 saturated heterocycles. The smallest absolute Gasteiger partial charge is 0.291 e. The second-order valence-corrected chi connectivity index (χ2v) is 6.04. The number of benzene rings is 1. The van der Waals surface area contributed by atoms with Crippen LogP contribution in [0.15, 0.2) is 41.0 Å². The van der Waals surface area contributed by atoms with E-state index < -0.39 is 5.91 Å². The van der Waals surface area contributed by atoms with Gasteiger partial charge in [-0.1, -0.05) is 11.6 Å². The van der Waals surface area contributed by atoms with Crippen LogP contribution in [0.4, 0.5) is 11.4 Å². The predicted octanol–water partition coefficient (Wildman–Crippen LogP) is 2.50. The standard InChI is InChI=1S/C17H18ClN3O4/c18-11-3-4-13(20-16(22)9-12-10-24-7-5-19-12)14(8-11)21-17(23)15-2-1-6-25-15/h1-4,6,8,12,19H,5,7,9-10H2,(H,20,22)(H,21,23). The van der Waals surface area contributed by atoms with Crippen molar-refractivity contribution in [3.8, 4) is 0 Å². The van der Waals surface area contributed by atoms with Crippen molar-refractivity contribution in [1.82, 2.24) is 5.32 Å². The first-order valence-electron chi connectivity index (χ1n) is 7.87. The van der Waals surface area contributed by atoms with Gasteiger partial charge in [0.1, 0.15) is 0 Å². The molecule has 1 aliphatic heterocycles. The molecule has 25 heavy (non-hydrogen) atoms. The van der Waals surface area contributed by atoms with E-state index in [1.54, 1.807) is 30.3 Å². The molecule has 1 fully saturated rings. The fourth-order valence-corrected chi connectivity index (χ4v) is 2.67. The molecule has 0 saturated carbocycles. The highest BCUT2D eigenvalue weighted by molar-refractivity contribution is 6.31. The van der Waals surface area contributed by atoms with Crippen LogP contribution in [0.3, 0.4) is 0 Å². The molecule has 7 nitrogen and oxygen atoms in total. The van der Waals surface area contributed by atoms with Crippen molar-refractivity contribution in [2.45, 2.75) is 12.5 Å². The number of amides is 2. The van der Waals surface area contributed by atoms with Gasteiger partial charge in [-0.3, -0.25) is 9.59 Å². The third-order valence-electron chi connectivity index (χ3n) is 3.68. The van der Waals surface area contributed by atoms with Gasteiger partial charge < -0.3 is 25.1 Å². The molecule has 1 unspecified atom stereocenters. The Bertz CT molecular complexity index is 742. The van der Waals surface area contributed by atoms with Crippen LogP contribution in [0.5, 0.6) is 0 Å². The average Bonchev–Trinajstić information content (AvgIpc) is 3.13. The first-order valence-corrected chi connectivity index (χ1v) is 8.25. The summed E-state index contributed by atoms with van der Waals surface area (Å²) in [4.78, 5) is 24.4. The first kappa shape index (κ1) is 17.5. The van der Waals surface area contributed by atoms with Crippen molar-refractivity contribution in [1.29, 1.82) is 0 Å². The third-order valence-corrected chi connectivity index (χ3v) is 3.91. The quantitative estimate of drug-likeness (QED) is 0.759. The van der Waals surface area contributed by atoms with Crippen molar-refractivity contribution in [3.63, 3.8) is 0 Å². The summed E-state index contributed by atoms with van der Waals surface area (Å²) in [5.41, 5.74) is 0.862. The molecule has 132 valence electrons. The van der Waals surface area contributed by atoms with Crippen LogP contribution < -0.4 is 16.0 Å². The topological polar surface area (TPSA) is 92.6 Å². The maximum atomic E-state index is 12.3. The van der Waals surface area contributed by atoms with Gasteiger partial charge in [0.05, 0.1) is 30.9 Å². The summed E-state index contributed by atoms with van der Waals surface area (Å²) in [6, 6.07) is 7.99. The number of morpholine rings is 1. The van der Waals surface area contributed by atoms with E-state index in [0.29, 0.717) is 29.6 Å². The summed E-state index contributed by atoms with van der Waals surface area (Å²) < 4.78 is 10.4. The Balaban J connectivity index is 1.68. The van der Waals surface area contributed by atoms with Crippen molar-refractivity contribution in [2.24, 2.45) is 0 Å². The Morgan fingerprint density at radius 2 is 2.12 bits per heavy atom. The fraction of sp³-hybridized carbons (Fsp3) is 0.294. The summed E-state index contributed by atoms with van der Waals surface area (Å²) in [7, 11) is 0. The second-order valence-electron chi connectivity index (χ2n) is 5.60. The van der Waals surface area contributed by atoms with Crippen LogP contribution >= 0.6 is 11.6 Å². The van der Waals surface area contributed by atoms with E-state index in [2.05, 4.69) is 16.0 Å². The molecule has 1 aliphatic rings. The van der Waals surface area contributed by atoms with Crippen LogP contribution in [0.2, 0.25) is 5.02 Å². The number of nitrogens with one attached hydrogen (secondary N) is 3. The summed E-state index contributed by atoms with van der Waals surface area (Å²) in [5.74, 6) is -0.440. The number of furan rings is 1. The van der Waals surface area contributed by atoms with E-state index in [1.165, 1.54) is 6.26 Å². The van der Waals surface area contributed by atoms with Crippen LogP contribution in [0, 0.1) is 0 Å². The van der Waals surface area contributed by atoms with Crippen LogP contribution in [0.25, 0.3) is 0 Å². The van der Waals surface area contributed by atoms with Crippen molar-refractivity contribution in [3.05, 3.63) is 47.4 Å². The average molecular weight is 364 g/mol. The number of anilines is 2.